The smallest absolute Gasteiger partial charge is 0.316 e. The predicted octanol–water partition coefficient (Wildman–Crippen LogP) is 0.584. The van der Waals surface area contributed by atoms with E-state index in [4.69, 9.17) is 4.74 Å². The SMILES string of the molecule is COc1ncc(C(=O)N2C[C@H]3C[C@@H](C2)[C@H](CNC(C)=O)n2c3cccc2=O)cn1. The van der Waals surface area contributed by atoms with Crippen molar-refractivity contribution in [3.8, 4) is 6.01 Å². The van der Waals surface area contributed by atoms with Gasteiger partial charge in [-0.1, -0.05) is 6.07 Å². The molecule has 0 saturated carbocycles. The van der Waals surface area contributed by atoms with Crippen molar-refractivity contribution in [2.45, 2.75) is 25.3 Å². The summed E-state index contributed by atoms with van der Waals surface area (Å²) in [4.78, 5) is 47.0. The molecule has 2 aromatic rings. The number of nitrogens with zero attached hydrogens (tertiary/aromatic N) is 4. The van der Waals surface area contributed by atoms with Crippen LogP contribution in [0, 0.1) is 5.92 Å². The van der Waals surface area contributed by atoms with Gasteiger partial charge in [-0.2, -0.15) is 0 Å². The fourth-order valence-corrected chi connectivity index (χ4v) is 4.43. The van der Waals surface area contributed by atoms with Gasteiger partial charge in [-0.05, 0) is 18.4 Å². The Bertz CT molecular complexity index is 987. The molecular formula is C20H23N5O4. The van der Waals surface area contributed by atoms with Gasteiger partial charge in [0, 0.05) is 56.6 Å². The third-order valence-corrected chi connectivity index (χ3v) is 5.70. The van der Waals surface area contributed by atoms with Crippen LogP contribution in [0.3, 0.4) is 0 Å². The highest BCUT2D eigenvalue weighted by Crippen LogP contribution is 2.41. The van der Waals surface area contributed by atoms with Crippen molar-refractivity contribution >= 4 is 11.8 Å². The molecule has 1 fully saturated rings. The second kappa shape index (κ2) is 7.65. The van der Waals surface area contributed by atoms with Crippen LogP contribution < -0.4 is 15.6 Å². The molecule has 0 aliphatic carbocycles. The molecule has 0 spiro atoms. The number of rotatable bonds is 4. The Labute approximate surface area is 167 Å². The fraction of sp³-hybridized carbons (Fsp3) is 0.450. The third kappa shape index (κ3) is 3.59. The summed E-state index contributed by atoms with van der Waals surface area (Å²) in [7, 11) is 1.47. The van der Waals surface area contributed by atoms with Crippen molar-refractivity contribution in [3.63, 3.8) is 0 Å². The Morgan fingerprint density at radius 1 is 1.24 bits per heavy atom. The molecular weight excluding hydrogens is 374 g/mol. The summed E-state index contributed by atoms with van der Waals surface area (Å²) in [6, 6.07) is 5.25. The second-order valence-electron chi connectivity index (χ2n) is 7.52. The van der Waals surface area contributed by atoms with Crippen molar-refractivity contribution in [2.24, 2.45) is 5.92 Å². The number of aromatic nitrogens is 3. The van der Waals surface area contributed by atoms with Crippen molar-refractivity contribution in [1.29, 1.82) is 0 Å². The highest BCUT2D eigenvalue weighted by Gasteiger charge is 2.42. The maximum absolute atomic E-state index is 13.0. The molecule has 2 aromatic heterocycles. The summed E-state index contributed by atoms with van der Waals surface area (Å²) in [6.07, 6.45) is 3.80. The van der Waals surface area contributed by atoms with Gasteiger partial charge in [-0.3, -0.25) is 14.4 Å². The van der Waals surface area contributed by atoms with E-state index in [0.717, 1.165) is 12.1 Å². The van der Waals surface area contributed by atoms with Crippen LogP contribution in [0.2, 0.25) is 0 Å². The average Bonchev–Trinajstić information content (AvgIpc) is 2.73. The minimum atomic E-state index is -0.193. The van der Waals surface area contributed by atoms with Gasteiger partial charge in [-0.15, -0.1) is 0 Å². The Morgan fingerprint density at radius 2 is 2.00 bits per heavy atom. The summed E-state index contributed by atoms with van der Waals surface area (Å²) < 4.78 is 6.75. The molecule has 2 bridgehead atoms. The highest BCUT2D eigenvalue weighted by molar-refractivity contribution is 5.93. The van der Waals surface area contributed by atoms with Crippen LogP contribution in [0.1, 0.15) is 41.4 Å². The number of hydrogen-bond acceptors (Lipinski definition) is 6. The molecule has 0 aromatic carbocycles. The summed E-state index contributed by atoms with van der Waals surface area (Å²) >= 11 is 0. The van der Waals surface area contributed by atoms with E-state index in [0.29, 0.717) is 25.2 Å². The lowest BCUT2D eigenvalue weighted by molar-refractivity contribution is -0.119. The lowest BCUT2D eigenvalue weighted by Gasteiger charge is -2.47. The summed E-state index contributed by atoms with van der Waals surface area (Å²) in [6.45, 7) is 2.85. The summed E-state index contributed by atoms with van der Waals surface area (Å²) in [5.41, 5.74) is 1.23. The molecule has 9 nitrogen and oxygen atoms in total. The van der Waals surface area contributed by atoms with Gasteiger partial charge >= 0.3 is 6.01 Å². The van der Waals surface area contributed by atoms with E-state index < -0.39 is 0 Å². The standard InChI is InChI=1S/C20H23N5O4/c1-12(26)21-9-17-14-6-13(16-4-3-5-18(27)25(16)17)10-24(11-14)19(28)15-7-22-20(29-2)23-8-15/h3-5,7-8,13-14,17H,6,9-11H2,1-2H3,(H,21,26)/t13-,14+,17+/m1/s1. The molecule has 1 saturated heterocycles. The number of nitrogens with one attached hydrogen (secondary N) is 1. The van der Waals surface area contributed by atoms with Crippen LogP contribution in [0.4, 0.5) is 0 Å². The molecule has 0 radical (unpaired) electrons. The Balaban J connectivity index is 1.64. The Kier molecular flexibility index (Phi) is 5.04. The first kappa shape index (κ1) is 19.1. The normalized spacial score (nSPS) is 22.6. The maximum Gasteiger partial charge on any atom is 0.316 e. The van der Waals surface area contributed by atoms with Crippen LogP contribution in [-0.4, -0.2) is 58.0 Å². The number of pyridine rings is 1. The van der Waals surface area contributed by atoms with Crippen molar-refractivity contribution in [2.75, 3.05) is 26.7 Å². The number of likely N-dealkylation sites (tertiary alicyclic amines) is 1. The van der Waals surface area contributed by atoms with Crippen LogP contribution in [0.5, 0.6) is 6.01 Å². The fourth-order valence-electron chi connectivity index (χ4n) is 4.43. The van der Waals surface area contributed by atoms with E-state index in [1.165, 1.54) is 26.4 Å². The summed E-state index contributed by atoms with van der Waals surface area (Å²) in [5.74, 6) is -0.153. The molecule has 3 atom stereocenters. The minimum Gasteiger partial charge on any atom is -0.467 e. The van der Waals surface area contributed by atoms with E-state index in [1.54, 1.807) is 21.6 Å². The quantitative estimate of drug-likeness (QED) is 0.809. The molecule has 29 heavy (non-hydrogen) atoms. The average molecular weight is 397 g/mol. The third-order valence-electron chi connectivity index (χ3n) is 5.70. The molecule has 2 amide bonds. The van der Waals surface area contributed by atoms with Crippen molar-refractivity contribution < 1.29 is 14.3 Å². The van der Waals surface area contributed by atoms with Crippen LogP contribution in [0.25, 0.3) is 0 Å². The van der Waals surface area contributed by atoms with E-state index in [9.17, 15) is 14.4 Å². The van der Waals surface area contributed by atoms with E-state index in [-0.39, 0.29) is 41.3 Å². The van der Waals surface area contributed by atoms with Gasteiger partial charge < -0.3 is 19.5 Å². The van der Waals surface area contributed by atoms with Gasteiger partial charge in [0.25, 0.3) is 11.5 Å². The van der Waals surface area contributed by atoms with Crippen molar-refractivity contribution in [1.82, 2.24) is 24.8 Å². The van der Waals surface area contributed by atoms with Crippen LogP contribution in [-0.2, 0) is 4.79 Å². The van der Waals surface area contributed by atoms with Gasteiger partial charge in [0.2, 0.25) is 5.91 Å². The van der Waals surface area contributed by atoms with E-state index in [2.05, 4.69) is 15.3 Å². The lowest BCUT2D eigenvalue weighted by Crippen LogP contribution is -2.53. The minimum absolute atomic E-state index is 0.0660. The zero-order valence-electron chi connectivity index (χ0n) is 16.4. The first-order chi connectivity index (χ1) is 14.0. The first-order valence-electron chi connectivity index (χ1n) is 9.59. The maximum atomic E-state index is 13.0. The first-order valence-corrected chi connectivity index (χ1v) is 9.59. The van der Waals surface area contributed by atoms with Gasteiger partial charge in [0.05, 0.1) is 18.7 Å². The zero-order valence-corrected chi connectivity index (χ0v) is 16.4. The number of carbonyl (C=O) groups is 2. The lowest BCUT2D eigenvalue weighted by atomic mass is 9.78. The van der Waals surface area contributed by atoms with Crippen LogP contribution >= 0.6 is 0 Å². The van der Waals surface area contributed by atoms with Gasteiger partial charge in [0.15, 0.2) is 0 Å². The molecule has 0 unspecified atom stereocenters. The monoisotopic (exact) mass is 397 g/mol. The number of piperidine rings is 1. The Hall–Kier alpha value is -3.23. The number of ether oxygens (including phenoxy) is 1. The number of amides is 2. The Morgan fingerprint density at radius 3 is 2.69 bits per heavy atom. The highest BCUT2D eigenvalue weighted by atomic mass is 16.5. The molecule has 2 aliphatic rings. The van der Waals surface area contributed by atoms with E-state index >= 15 is 0 Å². The van der Waals surface area contributed by atoms with Crippen LogP contribution in [0.15, 0.2) is 35.4 Å². The predicted molar refractivity (Wildman–Crippen MR) is 104 cm³/mol. The topological polar surface area (TPSA) is 106 Å². The molecule has 4 heterocycles. The number of carbonyl (C=O) groups excluding carboxylic acids is 2. The second-order valence-corrected chi connectivity index (χ2v) is 7.52. The molecule has 9 heteroatoms. The van der Waals surface area contributed by atoms with Gasteiger partial charge in [-0.25, -0.2) is 9.97 Å². The number of fused-ring (bicyclic) bond motifs is 4. The molecule has 152 valence electrons. The number of hydrogen-bond donors (Lipinski definition) is 1. The number of methoxy groups -OCH3 is 1. The summed E-state index contributed by atoms with van der Waals surface area (Å²) in [5, 5.41) is 2.84. The molecule has 1 N–H and O–H groups in total. The molecule has 4 rings (SSSR count). The van der Waals surface area contributed by atoms with E-state index in [1.807, 2.05) is 6.07 Å². The zero-order chi connectivity index (χ0) is 20.5. The van der Waals surface area contributed by atoms with Crippen molar-refractivity contribution in [3.05, 3.63) is 52.2 Å². The van der Waals surface area contributed by atoms with Gasteiger partial charge in [0.1, 0.15) is 0 Å². The molecule has 2 aliphatic heterocycles. The largest absolute Gasteiger partial charge is 0.467 e.